The van der Waals surface area contributed by atoms with E-state index in [9.17, 15) is 9.18 Å². The Morgan fingerprint density at radius 3 is 2.52 bits per heavy atom. The van der Waals surface area contributed by atoms with Crippen molar-refractivity contribution in [3.8, 4) is 0 Å². The van der Waals surface area contributed by atoms with E-state index in [0.717, 1.165) is 48.9 Å². The minimum Gasteiger partial charge on any atom is -0.444 e. The van der Waals surface area contributed by atoms with Crippen molar-refractivity contribution in [3.05, 3.63) is 28.5 Å². The molecule has 1 saturated heterocycles. The highest BCUT2D eigenvalue weighted by molar-refractivity contribution is 9.10. The van der Waals surface area contributed by atoms with Crippen LogP contribution in [0, 0.1) is 11.2 Å². The van der Waals surface area contributed by atoms with E-state index in [1.807, 2.05) is 25.7 Å². The molecule has 3 rings (SSSR count). The lowest BCUT2D eigenvalue weighted by Gasteiger charge is -2.52. The molecule has 1 heterocycles. The summed E-state index contributed by atoms with van der Waals surface area (Å²) in [5.74, 6) is -0.239. The van der Waals surface area contributed by atoms with Crippen molar-refractivity contribution in [1.82, 2.24) is 4.90 Å². The summed E-state index contributed by atoms with van der Waals surface area (Å²) in [7, 11) is 0. The topological polar surface area (TPSA) is 41.6 Å². The van der Waals surface area contributed by atoms with Gasteiger partial charge in [0, 0.05) is 29.3 Å². The van der Waals surface area contributed by atoms with Crippen molar-refractivity contribution in [3.63, 3.8) is 0 Å². The van der Waals surface area contributed by atoms with E-state index in [4.69, 9.17) is 4.74 Å². The van der Waals surface area contributed by atoms with Crippen LogP contribution < -0.4 is 5.32 Å². The molecule has 0 unspecified atom stereocenters. The van der Waals surface area contributed by atoms with Gasteiger partial charge in [-0.2, -0.15) is 0 Å². The number of likely N-dealkylation sites (tertiary alicyclic amines) is 1. The average molecular weight is 413 g/mol. The van der Waals surface area contributed by atoms with E-state index in [-0.39, 0.29) is 11.9 Å². The molecule has 1 aliphatic carbocycles. The number of benzene rings is 1. The number of halogens is 2. The van der Waals surface area contributed by atoms with Crippen LogP contribution in [0.5, 0.6) is 0 Å². The van der Waals surface area contributed by atoms with Crippen molar-refractivity contribution >= 4 is 27.7 Å². The fourth-order valence-corrected chi connectivity index (χ4v) is 4.28. The molecule has 25 heavy (non-hydrogen) atoms. The molecule has 1 aliphatic heterocycles. The Labute approximate surface area is 157 Å². The largest absolute Gasteiger partial charge is 0.444 e. The normalized spacial score (nSPS) is 20.3. The highest BCUT2D eigenvalue weighted by Crippen LogP contribution is 2.50. The van der Waals surface area contributed by atoms with Crippen LogP contribution in [-0.4, -0.2) is 35.7 Å². The minimum atomic E-state index is -0.444. The van der Waals surface area contributed by atoms with Gasteiger partial charge in [0.2, 0.25) is 0 Å². The summed E-state index contributed by atoms with van der Waals surface area (Å²) in [5.41, 5.74) is 0.829. The minimum absolute atomic E-state index is 0.202. The van der Waals surface area contributed by atoms with Crippen LogP contribution in [0.3, 0.4) is 0 Å². The number of rotatable bonds is 2. The molecular weight excluding hydrogens is 387 g/mol. The third kappa shape index (κ3) is 4.46. The van der Waals surface area contributed by atoms with E-state index in [2.05, 4.69) is 21.2 Å². The smallest absolute Gasteiger partial charge is 0.410 e. The summed E-state index contributed by atoms with van der Waals surface area (Å²) in [6, 6.07) is 5.14. The lowest BCUT2D eigenvalue weighted by molar-refractivity contribution is -0.00860. The van der Waals surface area contributed by atoms with Crippen LogP contribution in [0.15, 0.2) is 22.7 Å². The van der Waals surface area contributed by atoms with Crippen molar-refractivity contribution < 1.29 is 13.9 Å². The van der Waals surface area contributed by atoms with Gasteiger partial charge in [0.05, 0.1) is 0 Å². The molecule has 1 spiro atoms. The zero-order valence-corrected chi connectivity index (χ0v) is 16.7. The molecule has 6 heteroatoms. The van der Waals surface area contributed by atoms with Gasteiger partial charge in [-0.3, -0.25) is 0 Å². The molecule has 2 fully saturated rings. The first-order valence-electron chi connectivity index (χ1n) is 8.85. The van der Waals surface area contributed by atoms with Gasteiger partial charge in [-0.25, -0.2) is 9.18 Å². The molecule has 4 nitrogen and oxygen atoms in total. The first-order chi connectivity index (χ1) is 11.7. The van der Waals surface area contributed by atoms with Gasteiger partial charge in [0.25, 0.3) is 0 Å². The number of amides is 1. The van der Waals surface area contributed by atoms with E-state index in [1.165, 1.54) is 12.1 Å². The van der Waals surface area contributed by atoms with Crippen molar-refractivity contribution in [2.24, 2.45) is 5.41 Å². The quantitative estimate of drug-likeness (QED) is 0.727. The zero-order chi connectivity index (χ0) is 18.2. The number of nitrogens with one attached hydrogen (secondary N) is 1. The maximum absolute atomic E-state index is 13.2. The van der Waals surface area contributed by atoms with Crippen molar-refractivity contribution in [2.75, 3.05) is 18.4 Å². The standard InChI is InChI=1S/C19H26BrFN2O2/c1-18(2,3)25-17(24)23-8-6-19(7-9-23)11-14(12-19)22-16-5-4-13(21)10-15(16)20/h4-5,10,14,22H,6-9,11-12H2,1-3H3. The number of carbonyl (C=O) groups excluding carboxylic acids is 1. The van der Waals surface area contributed by atoms with Gasteiger partial charge < -0.3 is 15.0 Å². The molecule has 0 aromatic heterocycles. The Bertz CT molecular complexity index is 643. The van der Waals surface area contributed by atoms with Gasteiger partial charge >= 0.3 is 6.09 Å². The predicted octanol–water partition coefficient (Wildman–Crippen LogP) is 5.18. The maximum atomic E-state index is 13.2. The third-order valence-corrected chi connectivity index (χ3v) is 5.78. The molecule has 1 saturated carbocycles. The highest BCUT2D eigenvalue weighted by atomic mass is 79.9. The molecular formula is C19H26BrFN2O2. The lowest BCUT2D eigenvalue weighted by Crippen LogP contribution is -2.53. The zero-order valence-electron chi connectivity index (χ0n) is 15.1. The molecule has 0 atom stereocenters. The number of hydrogen-bond donors (Lipinski definition) is 1. The Morgan fingerprint density at radius 1 is 1.32 bits per heavy atom. The lowest BCUT2D eigenvalue weighted by atomic mass is 9.60. The Hall–Kier alpha value is -1.30. The van der Waals surface area contributed by atoms with E-state index >= 15 is 0 Å². The number of anilines is 1. The van der Waals surface area contributed by atoms with Gasteiger partial charge in [0.15, 0.2) is 0 Å². The Kier molecular flexibility index (Phi) is 5.02. The number of piperidine rings is 1. The number of ether oxygens (including phenoxy) is 1. The van der Waals surface area contributed by atoms with E-state index in [0.29, 0.717) is 11.5 Å². The summed E-state index contributed by atoms with van der Waals surface area (Å²) in [6.45, 7) is 7.22. The summed E-state index contributed by atoms with van der Waals surface area (Å²) < 4.78 is 19.4. The third-order valence-electron chi connectivity index (χ3n) is 5.13. The molecule has 0 radical (unpaired) electrons. The monoisotopic (exact) mass is 412 g/mol. The molecule has 1 amide bonds. The Balaban J connectivity index is 1.47. The maximum Gasteiger partial charge on any atom is 0.410 e. The second-order valence-electron chi connectivity index (χ2n) is 8.34. The van der Waals surface area contributed by atoms with Gasteiger partial charge in [-0.05, 0) is 86.0 Å². The van der Waals surface area contributed by atoms with E-state index in [1.54, 1.807) is 6.07 Å². The van der Waals surface area contributed by atoms with Gasteiger partial charge in [-0.15, -0.1) is 0 Å². The van der Waals surface area contributed by atoms with Crippen LogP contribution >= 0.6 is 15.9 Å². The second kappa shape index (κ2) is 6.78. The number of hydrogen-bond acceptors (Lipinski definition) is 3. The van der Waals surface area contributed by atoms with Crippen LogP contribution in [-0.2, 0) is 4.74 Å². The van der Waals surface area contributed by atoms with Crippen LogP contribution in [0.2, 0.25) is 0 Å². The molecule has 1 aromatic rings. The molecule has 1 N–H and O–H groups in total. The SMILES string of the molecule is CC(C)(C)OC(=O)N1CCC2(CC1)CC(Nc1ccc(F)cc1Br)C2. The highest BCUT2D eigenvalue weighted by Gasteiger charge is 2.46. The van der Waals surface area contributed by atoms with Crippen molar-refractivity contribution in [1.29, 1.82) is 0 Å². The van der Waals surface area contributed by atoms with Gasteiger partial charge in [-0.1, -0.05) is 0 Å². The molecule has 0 bridgehead atoms. The Morgan fingerprint density at radius 2 is 1.96 bits per heavy atom. The summed E-state index contributed by atoms with van der Waals surface area (Å²) in [4.78, 5) is 14.0. The van der Waals surface area contributed by atoms with Crippen molar-refractivity contribution in [2.45, 2.75) is 58.1 Å². The molecule has 138 valence electrons. The summed E-state index contributed by atoms with van der Waals surface area (Å²) in [5, 5.41) is 3.49. The molecule has 1 aromatic carbocycles. The fourth-order valence-electron chi connectivity index (χ4n) is 3.81. The van der Waals surface area contributed by atoms with Gasteiger partial charge in [0.1, 0.15) is 11.4 Å². The summed E-state index contributed by atoms with van der Waals surface area (Å²) >= 11 is 3.40. The first kappa shape index (κ1) is 18.5. The van der Waals surface area contributed by atoms with Crippen LogP contribution in [0.25, 0.3) is 0 Å². The fraction of sp³-hybridized carbons (Fsp3) is 0.632. The van der Waals surface area contributed by atoms with Crippen LogP contribution in [0.4, 0.5) is 14.9 Å². The van der Waals surface area contributed by atoms with E-state index < -0.39 is 5.60 Å². The summed E-state index contributed by atoms with van der Waals surface area (Å²) in [6.07, 6.45) is 4.04. The average Bonchev–Trinajstić information content (AvgIpc) is 2.47. The predicted molar refractivity (Wildman–Crippen MR) is 100 cm³/mol. The molecule has 2 aliphatic rings. The first-order valence-corrected chi connectivity index (χ1v) is 9.65. The second-order valence-corrected chi connectivity index (χ2v) is 9.20. The van der Waals surface area contributed by atoms with Crippen LogP contribution in [0.1, 0.15) is 46.5 Å². The number of carbonyl (C=O) groups is 1. The number of nitrogens with zero attached hydrogens (tertiary/aromatic N) is 1.